The number of benzene rings is 2. The summed E-state index contributed by atoms with van der Waals surface area (Å²) in [6.45, 7) is 0.434. The molecule has 0 bridgehead atoms. The van der Waals surface area contributed by atoms with Gasteiger partial charge in [-0.25, -0.2) is 0 Å². The first kappa shape index (κ1) is 13.9. The van der Waals surface area contributed by atoms with Crippen LogP contribution in [-0.4, -0.2) is 13.4 Å². The zero-order valence-electron chi connectivity index (χ0n) is 11.3. The monoisotopic (exact) mass is 271 g/mol. The van der Waals surface area contributed by atoms with E-state index in [0.29, 0.717) is 23.8 Å². The van der Waals surface area contributed by atoms with Crippen molar-refractivity contribution in [1.82, 2.24) is 0 Å². The van der Waals surface area contributed by atoms with E-state index in [1.165, 1.54) is 0 Å². The number of hydrogen-bond donors (Lipinski definition) is 1. The number of nitrogen functional groups attached to an aromatic ring is 1. The molecule has 0 atom stereocenters. The molecule has 20 heavy (non-hydrogen) atoms. The molecule has 0 fully saturated rings. The Kier molecular flexibility index (Phi) is 4.60. The number of ether oxygens (including phenoxy) is 2. The summed E-state index contributed by atoms with van der Waals surface area (Å²) in [6, 6.07) is 13.3. The molecule has 0 spiro atoms. The third-order valence-corrected chi connectivity index (χ3v) is 2.97. The summed E-state index contributed by atoms with van der Waals surface area (Å²) >= 11 is 0. The van der Waals surface area contributed by atoms with Crippen LogP contribution in [0.25, 0.3) is 0 Å². The fraction of sp³-hybridized carbons (Fsp3) is 0.188. The smallest absolute Gasteiger partial charge is 0.163 e. The molecule has 0 radical (unpaired) electrons. The fourth-order valence-electron chi connectivity index (χ4n) is 1.89. The maximum absolute atomic E-state index is 10.6. The second kappa shape index (κ2) is 6.61. The molecule has 2 aromatic carbocycles. The van der Waals surface area contributed by atoms with E-state index >= 15 is 0 Å². The minimum Gasteiger partial charge on any atom is -0.493 e. The van der Waals surface area contributed by atoms with Gasteiger partial charge in [-0.05, 0) is 17.2 Å². The van der Waals surface area contributed by atoms with E-state index in [2.05, 4.69) is 0 Å². The minimum atomic E-state index is 0.265. The van der Waals surface area contributed by atoms with Crippen LogP contribution in [0.5, 0.6) is 11.5 Å². The summed E-state index contributed by atoms with van der Waals surface area (Å²) in [5, 5.41) is 0. The van der Waals surface area contributed by atoms with Crippen molar-refractivity contribution < 1.29 is 14.3 Å². The Hall–Kier alpha value is -2.49. The van der Waals surface area contributed by atoms with Gasteiger partial charge in [0, 0.05) is 18.2 Å². The van der Waals surface area contributed by atoms with Crippen LogP contribution in [-0.2, 0) is 17.8 Å². The van der Waals surface area contributed by atoms with Gasteiger partial charge < -0.3 is 20.0 Å². The van der Waals surface area contributed by atoms with Gasteiger partial charge in [0.05, 0.1) is 7.11 Å². The van der Waals surface area contributed by atoms with E-state index in [-0.39, 0.29) is 6.42 Å². The van der Waals surface area contributed by atoms with Gasteiger partial charge in [-0.3, -0.25) is 0 Å². The highest BCUT2D eigenvalue weighted by Crippen LogP contribution is 2.32. The molecule has 0 heterocycles. The van der Waals surface area contributed by atoms with Crippen LogP contribution in [0.15, 0.2) is 42.5 Å². The Morgan fingerprint density at radius 2 is 1.90 bits per heavy atom. The summed E-state index contributed by atoms with van der Waals surface area (Å²) in [6.07, 6.45) is 1.08. The van der Waals surface area contributed by atoms with E-state index in [4.69, 9.17) is 15.2 Å². The van der Waals surface area contributed by atoms with Gasteiger partial charge in [0.2, 0.25) is 0 Å². The lowest BCUT2D eigenvalue weighted by Gasteiger charge is -2.13. The normalized spacial score (nSPS) is 10.1. The molecule has 0 aromatic heterocycles. The van der Waals surface area contributed by atoms with Gasteiger partial charge in [-0.2, -0.15) is 0 Å². The van der Waals surface area contributed by atoms with Gasteiger partial charge in [0.15, 0.2) is 11.5 Å². The molecule has 0 aliphatic heterocycles. The highest BCUT2D eigenvalue weighted by molar-refractivity contribution is 5.65. The van der Waals surface area contributed by atoms with Crippen LogP contribution in [0.4, 0.5) is 5.69 Å². The highest BCUT2D eigenvalue weighted by Gasteiger charge is 2.10. The second-order valence-electron chi connectivity index (χ2n) is 4.35. The molecular weight excluding hydrogens is 254 g/mol. The molecule has 0 saturated heterocycles. The molecule has 0 unspecified atom stereocenters. The van der Waals surface area contributed by atoms with Gasteiger partial charge in [0.25, 0.3) is 0 Å². The molecule has 4 heteroatoms. The van der Waals surface area contributed by atoms with Crippen molar-refractivity contribution in [3.05, 3.63) is 53.6 Å². The van der Waals surface area contributed by atoms with Crippen LogP contribution < -0.4 is 15.2 Å². The van der Waals surface area contributed by atoms with Crippen LogP contribution in [0, 0.1) is 0 Å². The SMILES string of the molecule is COc1cc(CC=O)c(N)cc1OCc1ccccc1. The quantitative estimate of drug-likeness (QED) is 0.648. The number of carbonyl (C=O) groups excluding carboxylic acids is 1. The first-order valence-corrected chi connectivity index (χ1v) is 6.31. The van der Waals surface area contributed by atoms with Crippen LogP contribution in [0.3, 0.4) is 0 Å². The fourth-order valence-corrected chi connectivity index (χ4v) is 1.89. The first-order chi connectivity index (χ1) is 9.74. The predicted molar refractivity (Wildman–Crippen MR) is 77.9 cm³/mol. The molecule has 2 rings (SSSR count). The Morgan fingerprint density at radius 1 is 1.15 bits per heavy atom. The number of aldehydes is 1. The number of nitrogens with two attached hydrogens (primary N) is 1. The lowest BCUT2D eigenvalue weighted by atomic mass is 10.1. The van der Waals surface area contributed by atoms with Crippen molar-refractivity contribution >= 4 is 12.0 Å². The molecule has 0 amide bonds. The number of carbonyl (C=O) groups is 1. The summed E-state index contributed by atoms with van der Waals surface area (Å²) in [5.74, 6) is 1.15. The van der Waals surface area contributed by atoms with E-state index in [1.54, 1.807) is 19.2 Å². The maximum atomic E-state index is 10.6. The van der Waals surface area contributed by atoms with Crippen LogP contribution in [0.1, 0.15) is 11.1 Å². The van der Waals surface area contributed by atoms with Crippen molar-refractivity contribution in [3.63, 3.8) is 0 Å². The van der Waals surface area contributed by atoms with E-state index < -0.39 is 0 Å². The molecule has 0 aliphatic carbocycles. The summed E-state index contributed by atoms with van der Waals surface area (Å²) in [5.41, 5.74) is 8.23. The van der Waals surface area contributed by atoms with Crippen molar-refractivity contribution in [2.24, 2.45) is 0 Å². The molecular formula is C16H17NO3. The molecule has 2 N–H and O–H groups in total. The Morgan fingerprint density at radius 3 is 2.55 bits per heavy atom. The first-order valence-electron chi connectivity index (χ1n) is 6.31. The van der Waals surface area contributed by atoms with Crippen molar-refractivity contribution in [3.8, 4) is 11.5 Å². The van der Waals surface area contributed by atoms with Crippen molar-refractivity contribution in [2.75, 3.05) is 12.8 Å². The Balaban J connectivity index is 2.18. The number of rotatable bonds is 6. The topological polar surface area (TPSA) is 61.5 Å². The average Bonchev–Trinajstić information content (AvgIpc) is 2.48. The second-order valence-corrected chi connectivity index (χ2v) is 4.35. The minimum absolute atomic E-state index is 0.265. The number of hydrogen-bond acceptors (Lipinski definition) is 4. The molecule has 0 aliphatic rings. The molecule has 0 saturated carbocycles. The zero-order valence-corrected chi connectivity index (χ0v) is 11.3. The molecule has 2 aromatic rings. The Labute approximate surface area is 118 Å². The van der Waals surface area contributed by atoms with Crippen molar-refractivity contribution in [1.29, 1.82) is 0 Å². The Bertz CT molecular complexity index is 582. The van der Waals surface area contributed by atoms with Crippen LogP contribution in [0.2, 0.25) is 0 Å². The van der Waals surface area contributed by atoms with Crippen LogP contribution >= 0.6 is 0 Å². The third-order valence-electron chi connectivity index (χ3n) is 2.97. The molecule has 4 nitrogen and oxygen atoms in total. The number of methoxy groups -OCH3 is 1. The lowest BCUT2D eigenvalue weighted by Crippen LogP contribution is -2.02. The number of anilines is 1. The lowest BCUT2D eigenvalue weighted by molar-refractivity contribution is -0.107. The standard InChI is InChI=1S/C16H17NO3/c1-19-15-9-13(7-8-18)14(17)10-16(15)20-11-12-5-3-2-4-6-12/h2-6,8-10H,7,11,17H2,1H3. The summed E-state index contributed by atoms with van der Waals surface area (Å²) in [7, 11) is 1.56. The zero-order chi connectivity index (χ0) is 14.4. The summed E-state index contributed by atoms with van der Waals surface area (Å²) in [4.78, 5) is 10.6. The van der Waals surface area contributed by atoms with Gasteiger partial charge in [-0.1, -0.05) is 30.3 Å². The highest BCUT2D eigenvalue weighted by atomic mass is 16.5. The third kappa shape index (κ3) is 3.29. The largest absolute Gasteiger partial charge is 0.493 e. The van der Waals surface area contributed by atoms with Crippen molar-refractivity contribution in [2.45, 2.75) is 13.0 Å². The van der Waals surface area contributed by atoms with E-state index in [1.807, 2.05) is 30.3 Å². The maximum Gasteiger partial charge on any atom is 0.163 e. The molecule has 104 valence electrons. The van der Waals surface area contributed by atoms with E-state index in [0.717, 1.165) is 17.4 Å². The average molecular weight is 271 g/mol. The predicted octanol–water partition coefficient (Wildman–Crippen LogP) is 2.60. The van der Waals surface area contributed by atoms with E-state index in [9.17, 15) is 4.79 Å². The van der Waals surface area contributed by atoms with Gasteiger partial charge in [-0.15, -0.1) is 0 Å². The van der Waals surface area contributed by atoms with Gasteiger partial charge >= 0.3 is 0 Å². The van der Waals surface area contributed by atoms with Gasteiger partial charge in [0.1, 0.15) is 12.9 Å². The summed E-state index contributed by atoms with van der Waals surface area (Å²) < 4.78 is 11.0.